The average Bonchev–Trinajstić information content (AvgIpc) is 2.81. The van der Waals surface area contributed by atoms with Crippen molar-refractivity contribution in [2.45, 2.75) is 33.1 Å². The first-order valence-corrected chi connectivity index (χ1v) is 7.89. The summed E-state index contributed by atoms with van der Waals surface area (Å²) in [6.45, 7) is 8.73. The van der Waals surface area contributed by atoms with Gasteiger partial charge in [0.25, 0.3) is 4.87 Å². The van der Waals surface area contributed by atoms with Crippen LogP contribution in [0.25, 0.3) is 10.3 Å². The van der Waals surface area contributed by atoms with E-state index < -0.39 is 0 Å². The molecule has 1 heterocycles. The second-order valence-electron chi connectivity index (χ2n) is 6.33. The van der Waals surface area contributed by atoms with E-state index in [1.54, 1.807) is 11.3 Å². The predicted octanol–water partition coefficient (Wildman–Crippen LogP) is 5.33. The summed E-state index contributed by atoms with van der Waals surface area (Å²) in [5.41, 5.74) is 4.52. The van der Waals surface area contributed by atoms with E-state index in [1.807, 2.05) is 18.2 Å². The zero-order chi connectivity index (χ0) is 15.0. The summed E-state index contributed by atoms with van der Waals surface area (Å²) < 4.78 is 6.97. The van der Waals surface area contributed by atoms with Gasteiger partial charge in [0.2, 0.25) is 0 Å². The van der Waals surface area contributed by atoms with Crippen LogP contribution in [0.15, 0.2) is 51.9 Å². The number of aryl methyl sites for hydroxylation is 1. The highest BCUT2D eigenvalue weighted by atomic mass is 32.1. The van der Waals surface area contributed by atoms with Gasteiger partial charge in [-0.1, -0.05) is 55.9 Å². The Morgan fingerprint density at radius 1 is 1.00 bits per heavy atom. The molecule has 1 aromatic heterocycles. The van der Waals surface area contributed by atoms with Crippen LogP contribution in [0.3, 0.4) is 0 Å². The van der Waals surface area contributed by atoms with E-state index in [-0.39, 0.29) is 5.41 Å². The van der Waals surface area contributed by atoms with Crippen molar-refractivity contribution in [2.24, 2.45) is 4.99 Å². The fraction of sp³-hybridized carbons (Fsp3) is 0.278. The molecule has 0 saturated heterocycles. The lowest BCUT2D eigenvalue weighted by atomic mass is 9.87. The number of hydrogen-bond donors (Lipinski definition) is 0. The number of rotatable bonds is 1. The molecule has 0 spiro atoms. The summed E-state index contributed by atoms with van der Waals surface area (Å²) in [5.74, 6) is 0. The molecule has 0 fully saturated rings. The second kappa shape index (κ2) is 5.15. The molecule has 108 valence electrons. The molecule has 3 aromatic rings. The molecule has 0 aliphatic carbocycles. The summed E-state index contributed by atoms with van der Waals surface area (Å²) in [7, 11) is 0. The maximum absolute atomic E-state index is 5.82. The third-order valence-electron chi connectivity index (χ3n) is 3.46. The quantitative estimate of drug-likeness (QED) is 0.596. The second-order valence-corrected chi connectivity index (χ2v) is 7.32. The summed E-state index contributed by atoms with van der Waals surface area (Å²) >= 11 is 1.59. The van der Waals surface area contributed by atoms with E-state index in [1.165, 1.54) is 11.1 Å². The van der Waals surface area contributed by atoms with Crippen molar-refractivity contribution in [3.05, 3.63) is 58.5 Å². The molecule has 2 nitrogen and oxygen atoms in total. The van der Waals surface area contributed by atoms with E-state index in [9.17, 15) is 0 Å². The van der Waals surface area contributed by atoms with Crippen molar-refractivity contribution in [3.8, 4) is 0 Å². The fourth-order valence-electron chi connectivity index (χ4n) is 2.12. The first kappa shape index (κ1) is 14.1. The Labute approximate surface area is 128 Å². The Morgan fingerprint density at radius 3 is 2.38 bits per heavy atom. The highest BCUT2D eigenvalue weighted by Gasteiger charge is 2.14. The van der Waals surface area contributed by atoms with Gasteiger partial charge < -0.3 is 4.42 Å². The monoisotopic (exact) mass is 297 g/mol. The van der Waals surface area contributed by atoms with Crippen LogP contribution < -0.4 is 4.87 Å². The van der Waals surface area contributed by atoms with Gasteiger partial charge in [-0.2, -0.15) is 0 Å². The van der Waals surface area contributed by atoms with Crippen molar-refractivity contribution < 1.29 is 4.42 Å². The van der Waals surface area contributed by atoms with Crippen LogP contribution in [0.2, 0.25) is 0 Å². The van der Waals surface area contributed by atoms with Gasteiger partial charge in [0.1, 0.15) is 5.58 Å². The number of benzene rings is 2. The molecule has 3 heteroatoms. The summed E-state index contributed by atoms with van der Waals surface area (Å²) in [6.07, 6.45) is 0. The maximum atomic E-state index is 5.82. The summed E-state index contributed by atoms with van der Waals surface area (Å²) in [5, 5.41) is 0. The Kier molecular flexibility index (Phi) is 3.46. The molecule has 0 saturated carbocycles. The lowest BCUT2D eigenvalue weighted by Gasteiger charge is -2.18. The van der Waals surface area contributed by atoms with Crippen molar-refractivity contribution in [3.63, 3.8) is 0 Å². The van der Waals surface area contributed by atoms with Gasteiger partial charge in [-0.05, 0) is 42.2 Å². The molecule has 0 aliphatic heterocycles. The largest absolute Gasteiger partial charge is 0.429 e. The standard InChI is InChI=1S/C18H19NOS/c1-12-5-8-14(9-6-12)19-17-20-15-10-7-13(18(2,3)4)11-16(15)21-17/h5-11H,1-4H3. The van der Waals surface area contributed by atoms with Gasteiger partial charge in [-0.3, -0.25) is 0 Å². The molecule has 2 aromatic carbocycles. The molecule has 3 rings (SSSR count). The van der Waals surface area contributed by atoms with E-state index in [0.717, 1.165) is 16.0 Å². The third kappa shape index (κ3) is 3.08. The molecule has 0 aliphatic rings. The number of nitrogens with zero attached hydrogens (tertiary/aromatic N) is 1. The molecule has 0 atom stereocenters. The van der Waals surface area contributed by atoms with Gasteiger partial charge in [0.15, 0.2) is 0 Å². The van der Waals surface area contributed by atoms with Crippen LogP contribution in [-0.4, -0.2) is 0 Å². The minimum Gasteiger partial charge on any atom is -0.429 e. The van der Waals surface area contributed by atoms with E-state index in [4.69, 9.17) is 4.42 Å². The molecular formula is C18H19NOS. The minimum atomic E-state index is 0.145. The van der Waals surface area contributed by atoms with Crippen molar-refractivity contribution in [1.29, 1.82) is 0 Å². The molecule has 0 N–H and O–H groups in total. The van der Waals surface area contributed by atoms with Crippen LogP contribution in [0, 0.1) is 6.92 Å². The molecule has 0 unspecified atom stereocenters. The van der Waals surface area contributed by atoms with Gasteiger partial charge in [0, 0.05) is 0 Å². The zero-order valence-corrected chi connectivity index (χ0v) is 13.6. The third-order valence-corrected chi connectivity index (χ3v) is 4.35. The lowest BCUT2D eigenvalue weighted by molar-refractivity contribution is 0.568. The Morgan fingerprint density at radius 2 is 1.71 bits per heavy atom. The van der Waals surface area contributed by atoms with E-state index in [2.05, 4.69) is 57.0 Å². The van der Waals surface area contributed by atoms with Crippen molar-refractivity contribution in [2.75, 3.05) is 0 Å². The first-order chi connectivity index (χ1) is 9.91. The molecule has 0 bridgehead atoms. The van der Waals surface area contributed by atoms with E-state index in [0.29, 0.717) is 4.87 Å². The van der Waals surface area contributed by atoms with Gasteiger partial charge in [0.05, 0.1) is 10.4 Å². The van der Waals surface area contributed by atoms with Crippen molar-refractivity contribution >= 4 is 27.3 Å². The van der Waals surface area contributed by atoms with Crippen LogP contribution in [0.4, 0.5) is 5.69 Å². The Balaban J connectivity index is 2.07. The minimum absolute atomic E-state index is 0.145. The highest BCUT2D eigenvalue weighted by Crippen LogP contribution is 2.27. The average molecular weight is 297 g/mol. The van der Waals surface area contributed by atoms with Crippen LogP contribution >= 0.6 is 11.3 Å². The van der Waals surface area contributed by atoms with E-state index >= 15 is 0 Å². The molecule has 0 amide bonds. The lowest BCUT2D eigenvalue weighted by Crippen LogP contribution is -2.10. The molecule has 21 heavy (non-hydrogen) atoms. The summed E-state index contributed by atoms with van der Waals surface area (Å²) in [4.78, 5) is 5.26. The molecular weight excluding hydrogens is 278 g/mol. The van der Waals surface area contributed by atoms with Gasteiger partial charge >= 0.3 is 0 Å². The topological polar surface area (TPSA) is 25.5 Å². The summed E-state index contributed by atoms with van der Waals surface area (Å²) in [6, 6.07) is 14.5. The maximum Gasteiger partial charge on any atom is 0.279 e. The zero-order valence-electron chi connectivity index (χ0n) is 12.8. The normalized spacial score (nSPS) is 13.0. The van der Waals surface area contributed by atoms with Crippen LogP contribution in [-0.2, 0) is 5.41 Å². The first-order valence-electron chi connectivity index (χ1n) is 7.07. The van der Waals surface area contributed by atoms with Crippen molar-refractivity contribution in [1.82, 2.24) is 0 Å². The fourth-order valence-corrected chi connectivity index (χ4v) is 2.98. The Hall–Kier alpha value is -1.87. The van der Waals surface area contributed by atoms with Crippen LogP contribution in [0.1, 0.15) is 31.9 Å². The van der Waals surface area contributed by atoms with Gasteiger partial charge in [-0.15, -0.1) is 0 Å². The van der Waals surface area contributed by atoms with Gasteiger partial charge in [-0.25, -0.2) is 4.99 Å². The predicted molar refractivity (Wildman–Crippen MR) is 89.2 cm³/mol. The number of hydrogen-bond acceptors (Lipinski definition) is 3. The van der Waals surface area contributed by atoms with Crippen LogP contribution in [0.5, 0.6) is 0 Å². The smallest absolute Gasteiger partial charge is 0.279 e. The highest BCUT2D eigenvalue weighted by molar-refractivity contribution is 7.16. The SMILES string of the molecule is Cc1ccc(N=c2oc3ccc(C(C)(C)C)cc3s2)cc1. The molecule has 0 radical (unpaired) electrons. The Bertz CT molecular complexity index is 832. The number of fused-ring (bicyclic) bond motifs is 1.